The Kier molecular flexibility index (Phi) is 6.04. The van der Waals surface area contributed by atoms with Gasteiger partial charge in [0.05, 0.1) is 17.0 Å². The number of piperidine rings is 1. The molecule has 1 aromatic rings. The highest BCUT2D eigenvalue weighted by atomic mass is 35.5. The standard InChI is InChI=1S/C16H22Cl2N2O3S/c1-11-5-4-8-19(10-11)16(21)12(2)20(24(3,22)23)15-9-13(17)6-7-14(15)18/h6-7,9,11-12H,4-5,8,10H2,1-3H3/t11-,12-/m0/s1. The van der Waals surface area contributed by atoms with E-state index >= 15 is 0 Å². The van der Waals surface area contributed by atoms with E-state index in [1.807, 2.05) is 0 Å². The topological polar surface area (TPSA) is 57.7 Å². The van der Waals surface area contributed by atoms with Crippen molar-refractivity contribution in [1.29, 1.82) is 0 Å². The van der Waals surface area contributed by atoms with E-state index in [1.165, 1.54) is 12.1 Å². The average molecular weight is 393 g/mol. The lowest BCUT2D eigenvalue weighted by molar-refractivity contribution is -0.133. The van der Waals surface area contributed by atoms with Gasteiger partial charge in [-0.3, -0.25) is 9.10 Å². The van der Waals surface area contributed by atoms with Crippen LogP contribution in [-0.2, 0) is 14.8 Å². The normalized spacial score (nSPS) is 19.9. The van der Waals surface area contributed by atoms with Gasteiger partial charge in [-0.15, -0.1) is 0 Å². The highest BCUT2D eigenvalue weighted by molar-refractivity contribution is 7.92. The van der Waals surface area contributed by atoms with Crippen LogP contribution < -0.4 is 4.31 Å². The summed E-state index contributed by atoms with van der Waals surface area (Å²) in [6, 6.07) is 3.68. The molecular weight excluding hydrogens is 371 g/mol. The Labute approximate surface area is 153 Å². The van der Waals surface area contributed by atoms with Crippen LogP contribution >= 0.6 is 23.2 Å². The van der Waals surface area contributed by atoms with E-state index in [0.717, 1.165) is 23.4 Å². The molecule has 24 heavy (non-hydrogen) atoms. The first-order chi connectivity index (χ1) is 11.1. The summed E-state index contributed by atoms with van der Waals surface area (Å²) in [7, 11) is -3.71. The van der Waals surface area contributed by atoms with Gasteiger partial charge in [0.2, 0.25) is 15.9 Å². The van der Waals surface area contributed by atoms with E-state index in [4.69, 9.17) is 23.2 Å². The van der Waals surface area contributed by atoms with Crippen LogP contribution in [0.1, 0.15) is 26.7 Å². The minimum absolute atomic E-state index is 0.219. The van der Waals surface area contributed by atoms with E-state index in [0.29, 0.717) is 24.0 Å². The predicted octanol–water partition coefficient (Wildman–Crippen LogP) is 3.41. The summed E-state index contributed by atoms with van der Waals surface area (Å²) in [5.74, 6) is 0.194. The van der Waals surface area contributed by atoms with Crippen molar-refractivity contribution < 1.29 is 13.2 Å². The molecule has 0 unspecified atom stereocenters. The molecule has 1 aliphatic rings. The first-order valence-corrected chi connectivity index (χ1v) is 10.4. The lowest BCUT2D eigenvalue weighted by Crippen LogP contribution is -2.51. The molecular formula is C16H22Cl2N2O3S. The predicted molar refractivity (Wildman–Crippen MR) is 98.2 cm³/mol. The van der Waals surface area contributed by atoms with Crippen molar-refractivity contribution in [3.8, 4) is 0 Å². The molecule has 0 aliphatic carbocycles. The number of sulfonamides is 1. The maximum atomic E-state index is 12.8. The molecule has 1 saturated heterocycles. The van der Waals surface area contributed by atoms with Gasteiger partial charge in [-0.25, -0.2) is 8.42 Å². The van der Waals surface area contributed by atoms with Crippen LogP contribution in [0.2, 0.25) is 10.0 Å². The van der Waals surface area contributed by atoms with Gasteiger partial charge in [0.15, 0.2) is 0 Å². The minimum atomic E-state index is -3.71. The first kappa shape index (κ1) is 19.3. The first-order valence-electron chi connectivity index (χ1n) is 7.84. The summed E-state index contributed by atoms with van der Waals surface area (Å²) in [5, 5.41) is 0.589. The summed E-state index contributed by atoms with van der Waals surface area (Å²) in [4.78, 5) is 14.6. The molecule has 0 spiro atoms. The van der Waals surface area contributed by atoms with Gasteiger partial charge in [0.25, 0.3) is 0 Å². The second-order valence-electron chi connectivity index (χ2n) is 6.36. The Morgan fingerprint density at radius 2 is 2.04 bits per heavy atom. The number of halogens is 2. The maximum Gasteiger partial charge on any atom is 0.246 e. The van der Waals surface area contributed by atoms with Crippen LogP contribution in [0.3, 0.4) is 0 Å². The van der Waals surface area contributed by atoms with E-state index in [9.17, 15) is 13.2 Å². The second kappa shape index (κ2) is 7.50. The fourth-order valence-corrected chi connectivity index (χ4v) is 4.68. The van der Waals surface area contributed by atoms with E-state index in [2.05, 4.69) is 6.92 Å². The number of benzene rings is 1. The van der Waals surface area contributed by atoms with E-state index < -0.39 is 16.1 Å². The SMILES string of the molecule is C[C@H]1CCCN(C(=O)[C@H](C)N(c2cc(Cl)ccc2Cl)S(C)(=O)=O)C1. The largest absolute Gasteiger partial charge is 0.341 e. The minimum Gasteiger partial charge on any atom is -0.341 e. The van der Waals surface area contributed by atoms with Crippen LogP contribution in [-0.4, -0.2) is 44.6 Å². The van der Waals surface area contributed by atoms with Crippen molar-refractivity contribution in [2.24, 2.45) is 5.92 Å². The Morgan fingerprint density at radius 1 is 1.38 bits per heavy atom. The molecule has 1 amide bonds. The van der Waals surface area contributed by atoms with Crippen molar-refractivity contribution in [2.45, 2.75) is 32.7 Å². The molecule has 2 rings (SSSR count). The summed E-state index contributed by atoms with van der Waals surface area (Å²) in [6.45, 7) is 4.96. The molecule has 5 nitrogen and oxygen atoms in total. The zero-order valence-corrected chi connectivity index (χ0v) is 16.3. The zero-order valence-electron chi connectivity index (χ0n) is 14.0. The number of hydrogen-bond acceptors (Lipinski definition) is 3. The van der Waals surface area contributed by atoms with E-state index in [-0.39, 0.29) is 16.6 Å². The quantitative estimate of drug-likeness (QED) is 0.788. The molecule has 0 saturated carbocycles. The lowest BCUT2D eigenvalue weighted by Gasteiger charge is -2.36. The second-order valence-corrected chi connectivity index (χ2v) is 9.07. The number of hydrogen-bond donors (Lipinski definition) is 0. The third kappa shape index (κ3) is 4.35. The van der Waals surface area contributed by atoms with Crippen LogP contribution in [0.15, 0.2) is 18.2 Å². The number of carbonyl (C=O) groups excluding carboxylic acids is 1. The highest BCUT2D eigenvalue weighted by Gasteiger charge is 2.34. The van der Waals surface area contributed by atoms with Gasteiger partial charge >= 0.3 is 0 Å². The number of likely N-dealkylation sites (tertiary alicyclic amines) is 1. The van der Waals surface area contributed by atoms with Crippen LogP contribution in [0, 0.1) is 5.92 Å². The fraction of sp³-hybridized carbons (Fsp3) is 0.562. The lowest BCUT2D eigenvalue weighted by atomic mass is 10.00. The monoisotopic (exact) mass is 392 g/mol. The molecule has 1 fully saturated rings. The van der Waals surface area contributed by atoms with Crippen LogP contribution in [0.25, 0.3) is 0 Å². The summed E-state index contributed by atoms with van der Waals surface area (Å²) in [6.07, 6.45) is 3.07. The van der Waals surface area contributed by atoms with E-state index in [1.54, 1.807) is 17.9 Å². The number of nitrogens with zero attached hydrogens (tertiary/aromatic N) is 2. The molecule has 1 aromatic carbocycles. The Balaban J connectivity index is 2.38. The molecule has 2 atom stereocenters. The Bertz CT molecular complexity index is 724. The van der Waals surface area contributed by atoms with Crippen molar-refractivity contribution in [2.75, 3.05) is 23.7 Å². The van der Waals surface area contributed by atoms with Gasteiger partial charge in [-0.1, -0.05) is 30.1 Å². The molecule has 0 radical (unpaired) electrons. The van der Waals surface area contributed by atoms with Gasteiger partial charge in [0, 0.05) is 18.1 Å². The summed E-state index contributed by atoms with van der Waals surface area (Å²) in [5.41, 5.74) is 0.220. The summed E-state index contributed by atoms with van der Waals surface area (Å²) >= 11 is 12.2. The third-order valence-corrected chi connectivity index (χ3v) is 5.96. The molecule has 0 bridgehead atoms. The number of amides is 1. The third-order valence-electron chi connectivity index (χ3n) is 4.18. The van der Waals surface area contributed by atoms with Crippen LogP contribution in [0.4, 0.5) is 5.69 Å². The van der Waals surface area contributed by atoms with Crippen molar-refractivity contribution in [1.82, 2.24) is 4.90 Å². The zero-order chi connectivity index (χ0) is 18.1. The fourth-order valence-electron chi connectivity index (χ4n) is 3.08. The van der Waals surface area contributed by atoms with Gasteiger partial charge in [0.1, 0.15) is 6.04 Å². The number of rotatable bonds is 4. The molecule has 0 N–H and O–H groups in total. The van der Waals surface area contributed by atoms with Gasteiger partial charge < -0.3 is 4.90 Å². The molecule has 0 aromatic heterocycles. The molecule has 134 valence electrons. The molecule has 8 heteroatoms. The molecule has 1 aliphatic heterocycles. The average Bonchev–Trinajstić information content (AvgIpc) is 2.48. The van der Waals surface area contributed by atoms with Crippen LogP contribution in [0.5, 0.6) is 0 Å². The maximum absolute atomic E-state index is 12.8. The Morgan fingerprint density at radius 3 is 2.62 bits per heavy atom. The Hall–Kier alpha value is -0.980. The highest BCUT2D eigenvalue weighted by Crippen LogP contribution is 2.32. The number of carbonyl (C=O) groups is 1. The van der Waals surface area contributed by atoms with Crippen molar-refractivity contribution in [3.63, 3.8) is 0 Å². The van der Waals surface area contributed by atoms with Crippen molar-refractivity contribution >= 4 is 44.8 Å². The van der Waals surface area contributed by atoms with Crippen molar-refractivity contribution in [3.05, 3.63) is 28.2 Å². The molecule has 1 heterocycles. The van der Waals surface area contributed by atoms with Gasteiger partial charge in [-0.2, -0.15) is 0 Å². The number of anilines is 1. The van der Waals surface area contributed by atoms with Gasteiger partial charge in [-0.05, 0) is 43.9 Å². The smallest absolute Gasteiger partial charge is 0.246 e. The summed E-state index contributed by atoms with van der Waals surface area (Å²) < 4.78 is 25.7.